The number of carbonyl (C=O) groups excluding carboxylic acids is 1. The summed E-state index contributed by atoms with van der Waals surface area (Å²) in [4.78, 5) is 10.7. The van der Waals surface area contributed by atoms with E-state index in [1.807, 2.05) is 0 Å². The topological polar surface area (TPSA) is 66.8 Å². The molecule has 1 atom stereocenters. The van der Waals surface area contributed by atoms with E-state index in [1.165, 1.54) is 7.11 Å². The maximum Gasteiger partial charge on any atom is 0.305 e. The van der Waals surface area contributed by atoms with E-state index in [1.54, 1.807) is 0 Å². The second-order valence-corrected chi connectivity index (χ2v) is 3.01. The molecule has 0 radical (unpaired) electrons. The van der Waals surface area contributed by atoms with E-state index in [4.69, 9.17) is 10.2 Å². The lowest BCUT2D eigenvalue weighted by Gasteiger charge is -2.05. The summed E-state index contributed by atoms with van der Waals surface area (Å²) in [6, 6.07) is 0. The standard InChI is InChI=1S/C9H18O4/c1-13-9(12)6-4-2-3-5-8(11)7-10/h8,10-11H,2-7H2,1H3/t8-/m0/s1. The predicted octanol–water partition coefficient (Wildman–Crippen LogP) is 0.463. The van der Waals surface area contributed by atoms with Crippen molar-refractivity contribution in [3.8, 4) is 0 Å². The molecule has 0 rings (SSSR count). The number of hydrogen-bond acceptors (Lipinski definition) is 4. The molecule has 13 heavy (non-hydrogen) atoms. The van der Waals surface area contributed by atoms with Crippen molar-refractivity contribution in [3.63, 3.8) is 0 Å². The van der Waals surface area contributed by atoms with E-state index in [0.29, 0.717) is 12.8 Å². The quantitative estimate of drug-likeness (QED) is 0.452. The Morgan fingerprint density at radius 1 is 1.38 bits per heavy atom. The summed E-state index contributed by atoms with van der Waals surface area (Å²) in [5, 5.41) is 17.5. The Morgan fingerprint density at radius 3 is 2.62 bits per heavy atom. The lowest BCUT2D eigenvalue weighted by molar-refractivity contribution is -0.140. The third-order valence-corrected chi connectivity index (χ3v) is 1.86. The zero-order valence-electron chi connectivity index (χ0n) is 8.03. The average molecular weight is 190 g/mol. The van der Waals surface area contributed by atoms with Crippen LogP contribution in [0.4, 0.5) is 0 Å². The van der Waals surface area contributed by atoms with Crippen LogP contribution in [0.25, 0.3) is 0 Å². The first-order chi connectivity index (χ1) is 6.20. The molecule has 0 amide bonds. The normalized spacial score (nSPS) is 12.5. The SMILES string of the molecule is COC(=O)CCCCC[C@H](O)CO. The van der Waals surface area contributed by atoms with Gasteiger partial charge < -0.3 is 14.9 Å². The minimum absolute atomic E-state index is 0.184. The van der Waals surface area contributed by atoms with Gasteiger partial charge in [0.1, 0.15) is 0 Å². The third-order valence-electron chi connectivity index (χ3n) is 1.86. The molecular formula is C9H18O4. The summed E-state index contributed by atoms with van der Waals surface area (Å²) in [5.41, 5.74) is 0. The van der Waals surface area contributed by atoms with Crippen LogP contribution in [-0.4, -0.2) is 36.0 Å². The van der Waals surface area contributed by atoms with Gasteiger partial charge in [0, 0.05) is 6.42 Å². The number of aliphatic hydroxyl groups is 2. The summed E-state index contributed by atoms with van der Waals surface area (Å²) in [6.07, 6.45) is 2.91. The Kier molecular flexibility index (Phi) is 7.63. The van der Waals surface area contributed by atoms with Gasteiger partial charge in [-0.3, -0.25) is 4.79 Å². The van der Waals surface area contributed by atoms with Crippen molar-refractivity contribution < 1.29 is 19.7 Å². The molecule has 4 nitrogen and oxygen atoms in total. The molecule has 0 fully saturated rings. The molecular weight excluding hydrogens is 172 g/mol. The van der Waals surface area contributed by atoms with Crippen LogP contribution in [0.3, 0.4) is 0 Å². The Balaban J connectivity index is 3.12. The average Bonchev–Trinajstić information content (AvgIpc) is 2.16. The highest BCUT2D eigenvalue weighted by atomic mass is 16.5. The summed E-state index contributed by atoms with van der Waals surface area (Å²) in [7, 11) is 1.37. The molecule has 0 saturated heterocycles. The smallest absolute Gasteiger partial charge is 0.305 e. The number of carbonyl (C=O) groups is 1. The molecule has 0 saturated carbocycles. The van der Waals surface area contributed by atoms with E-state index in [9.17, 15) is 4.79 Å². The number of esters is 1. The first-order valence-corrected chi connectivity index (χ1v) is 4.56. The maximum atomic E-state index is 10.7. The number of hydrogen-bond donors (Lipinski definition) is 2. The predicted molar refractivity (Wildman–Crippen MR) is 48.2 cm³/mol. The fourth-order valence-electron chi connectivity index (χ4n) is 1.02. The number of rotatable bonds is 7. The van der Waals surface area contributed by atoms with E-state index in [-0.39, 0.29) is 12.6 Å². The van der Waals surface area contributed by atoms with E-state index in [2.05, 4.69) is 4.74 Å². The van der Waals surface area contributed by atoms with Gasteiger partial charge in [0.05, 0.1) is 19.8 Å². The van der Waals surface area contributed by atoms with Crippen molar-refractivity contribution in [1.29, 1.82) is 0 Å². The Labute approximate surface area is 78.5 Å². The number of aliphatic hydroxyl groups excluding tert-OH is 2. The van der Waals surface area contributed by atoms with Crippen LogP contribution in [-0.2, 0) is 9.53 Å². The summed E-state index contributed by atoms with van der Waals surface area (Å²) < 4.78 is 4.47. The van der Waals surface area contributed by atoms with Gasteiger partial charge in [-0.25, -0.2) is 0 Å². The Morgan fingerprint density at radius 2 is 2.08 bits per heavy atom. The molecule has 0 heterocycles. The molecule has 0 aromatic rings. The van der Waals surface area contributed by atoms with Crippen LogP contribution in [0.1, 0.15) is 32.1 Å². The molecule has 0 aliphatic heterocycles. The maximum absolute atomic E-state index is 10.7. The molecule has 0 aliphatic rings. The number of unbranched alkanes of at least 4 members (excludes halogenated alkanes) is 2. The fraction of sp³-hybridized carbons (Fsp3) is 0.889. The van der Waals surface area contributed by atoms with Gasteiger partial charge in [0.2, 0.25) is 0 Å². The molecule has 0 aliphatic carbocycles. The summed E-state index contributed by atoms with van der Waals surface area (Å²) >= 11 is 0. The molecule has 0 aromatic carbocycles. The summed E-state index contributed by atoms with van der Waals surface area (Å²) in [6.45, 7) is -0.184. The minimum Gasteiger partial charge on any atom is -0.469 e. The number of methoxy groups -OCH3 is 1. The lowest BCUT2D eigenvalue weighted by atomic mass is 10.1. The third kappa shape index (κ3) is 7.74. The van der Waals surface area contributed by atoms with Crippen molar-refractivity contribution >= 4 is 5.97 Å². The van der Waals surface area contributed by atoms with Crippen molar-refractivity contribution in [2.24, 2.45) is 0 Å². The first-order valence-electron chi connectivity index (χ1n) is 4.56. The molecule has 0 bridgehead atoms. The zero-order chi connectivity index (χ0) is 10.1. The first kappa shape index (κ1) is 12.4. The molecule has 0 aromatic heterocycles. The van der Waals surface area contributed by atoms with Crippen molar-refractivity contribution in [2.75, 3.05) is 13.7 Å². The largest absolute Gasteiger partial charge is 0.469 e. The van der Waals surface area contributed by atoms with Crippen LogP contribution < -0.4 is 0 Å². The van der Waals surface area contributed by atoms with Gasteiger partial charge in [0.25, 0.3) is 0 Å². The highest BCUT2D eigenvalue weighted by Gasteiger charge is 2.02. The molecule has 0 unspecified atom stereocenters. The Bertz CT molecular complexity index is 136. The van der Waals surface area contributed by atoms with Crippen LogP contribution in [0, 0.1) is 0 Å². The van der Waals surface area contributed by atoms with Crippen LogP contribution >= 0.6 is 0 Å². The van der Waals surface area contributed by atoms with Crippen LogP contribution in [0.15, 0.2) is 0 Å². The minimum atomic E-state index is -0.613. The van der Waals surface area contributed by atoms with Crippen molar-refractivity contribution in [2.45, 2.75) is 38.2 Å². The highest BCUT2D eigenvalue weighted by molar-refractivity contribution is 5.68. The second kappa shape index (κ2) is 8.01. The van der Waals surface area contributed by atoms with Crippen molar-refractivity contribution in [3.05, 3.63) is 0 Å². The molecule has 78 valence electrons. The second-order valence-electron chi connectivity index (χ2n) is 3.01. The van der Waals surface area contributed by atoms with E-state index in [0.717, 1.165) is 19.3 Å². The van der Waals surface area contributed by atoms with Gasteiger partial charge in [-0.05, 0) is 12.8 Å². The summed E-state index contributed by atoms with van der Waals surface area (Å²) in [5.74, 6) is -0.192. The van der Waals surface area contributed by atoms with Gasteiger partial charge in [-0.15, -0.1) is 0 Å². The van der Waals surface area contributed by atoms with Crippen LogP contribution in [0.2, 0.25) is 0 Å². The van der Waals surface area contributed by atoms with E-state index >= 15 is 0 Å². The lowest BCUT2D eigenvalue weighted by Crippen LogP contribution is -2.11. The van der Waals surface area contributed by atoms with Crippen molar-refractivity contribution in [1.82, 2.24) is 0 Å². The van der Waals surface area contributed by atoms with Gasteiger partial charge in [-0.2, -0.15) is 0 Å². The van der Waals surface area contributed by atoms with Gasteiger partial charge in [0.15, 0.2) is 0 Å². The fourth-order valence-corrected chi connectivity index (χ4v) is 1.02. The zero-order valence-corrected chi connectivity index (χ0v) is 8.03. The highest BCUT2D eigenvalue weighted by Crippen LogP contribution is 2.05. The molecule has 0 spiro atoms. The van der Waals surface area contributed by atoms with E-state index < -0.39 is 6.10 Å². The van der Waals surface area contributed by atoms with Gasteiger partial charge >= 0.3 is 5.97 Å². The molecule has 2 N–H and O–H groups in total. The molecule has 4 heteroatoms. The number of ether oxygens (including phenoxy) is 1. The van der Waals surface area contributed by atoms with Gasteiger partial charge in [-0.1, -0.05) is 12.8 Å². The Hall–Kier alpha value is -0.610. The monoisotopic (exact) mass is 190 g/mol. The van der Waals surface area contributed by atoms with Crippen LogP contribution in [0.5, 0.6) is 0 Å².